The number of nitrogens with zero attached hydrogens (tertiary/aromatic N) is 3. The van der Waals surface area contributed by atoms with Crippen LogP contribution in [0, 0.1) is 0 Å². The molecular weight excluding hydrogens is 598 g/mol. The molecule has 0 bridgehead atoms. The fourth-order valence-electron chi connectivity index (χ4n) is 5.57. The largest absolute Gasteiger partial charge is 0.573 e. The molecule has 11 heteroatoms. The summed E-state index contributed by atoms with van der Waals surface area (Å²) in [6.07, 6.45) is -1.71. The summed E-state index contributed by atoms with van der Waals surface area (Å²) in [5.74, 6) is -0.234. The van der Waals surface area contributed by atoms with E-state index in [4.69, 9.17) is 28.9 Å². The minimum absolute atomic E-state index is 0.234. The fourth-order valence-corrected chi connectivity index (χ4v) is 6.08. The predicted octanol–water partition coefficient (Wildman–Crippen LogP) is 6.77. The molecule has 2 heterocycles. The molecule has 0 unspecified atom stereocenters. The van der Waals surface area contributed by atoms with Gasteiger partial charge in [-0.05, 0) is 60.5 Å². The van der Waals surface area contributed by atoms with Crippen molar-refractivity contribution >= 4 is 34.1 Å². The second-order valence-electron chi connectivity index (χ2n) is 10.8. The van der Waals surface area contributed by atoms with E-state index in [2.05, 4.69) is 48.8 Å². The lowest BCUT2D eigenvalue weighted by Gasteiger charge is -2.35. The van der Waals surface area contributed by atoms with Crippen LogP contribution >= 0.6 is 23.2 Å². The maximum Gasteiger partial charge on any atom is 0.573 e. The van der Waals surface area contributed by atoms with E-state index in [1.165, 1.54) is 17.7 Å². The molecule has 4 aromatic rings. The van der Waals surface area contributed by atoms with Crippen molar-refractivity contribution in [3.8, 4) is 16.9 Å². The summed E-state index contributed by atoms with van der Waals surface area (Å²) in [7, 11) is 0. The monoisotopic (exact) mass is 633 g/mol. The van der Waals surface area contributed by atoms with Gasteiger partial charge in [0, 0.05) is 97.2 Å². The number of hydrogen-bond donors (Lipinski definition) is 2. The zero-order chi connectivity index (χ0) is 30.4. The molecule has 0 radical (unpaired) electrons. The lowest BCUT2D eigenvalue weighted by molar-refractivity contribution is -0.274. The van der Waals surface area contributed by atoms with Crippen molar-refractivity contribution in [3.63, 3.8) is 0 Å². The van der Waals surface area contributed by atoms with Crippen LogP contribution in [0.3, 0.4) is 0 Å². The number of benzene rings is 3. The smallest absolute Gasteiger partial charge is 0.406 e. The van der Waals surface area contributed by atoms with E-state index < -0.39 is 6.36 Å². The van der Waals surface area contributed by atoms with Crippen LogP contribution in [-0.2, 0) is 19.6 Å². The van der Waals surface area contributed by atoms with Crippen molar-refractivity contribution in [3.05, 3.63) is 88.0 Å². The number of aromatic nitrogens is 1. The summed E-state index contributed by atoms with van der Waals surface area (Å²) in [5, 5.41) is 5.79. The number of aryl methyl sites for hydroxylation is 1. The molecule has 1 fully saturated rings. The van der Waals surface area contributed by atoms with Crippen LogP contribution in [0.5, 0.6) is 5.75 Å². The Morgan fingerprint density at radius 2 is 1.53 bits per heavy atom. The Kier molecular flexibility index (Phi) is 10.5. The van der Waals surface area contributed by atoms with Gasteiger partial charge < -0.3 is 20.4 Å². The summed E-state index contributed by atoms with van der Waals surface area (Å²) in [6, 6.07) is 18.2. The molecular formula is C32H36Cl2F3N5O. The average Bonchev–Trinajstić information content (AvgIpc) is 3.33. The lowest BCUT2D eigenvalue weighted by atomic mass is 10.0. The molecule has 1 aliphatic rings. The summed E-state index contributed by atoms with van der Waals surface area (Å²) < 4.78 is 44.4. The van der Waals surface area contributed by atoms with Gasteiger partial charge in [0.05, 0.1) is 0 Å². The third-order valence-corrected chi connectivity index (χ3v) is 8.44. The van der Waals surface area contributed by atoms with Crippen LogP contribution in [-0.4, -0.2) is 66.5 Å². The molecule has 1 aliphatic heterocycles. The van der Waals surface area contributed by atoms with Gasteiger partial charge in [-0.3, -0.25) is 9.80 Å². The van der Waals surface area contributed by atoms with Crippen molar-refractivity contribution in [2.24, 2.45) is 5.73 Å². The Morgan fingerprint density at radius 1 is 0.860 bits per heavy atom. The van der Waals surface area contributed by atoms with Gasteiger partial charge in [-0.2, -0.15) is 0 Å². The highest BCUT2D eigenvalue weighted by atomic mass is 35.5. The third kappa shape index (κ3) is 8.44. The molecule has 6 nitrogen and oxygen atoms in total. The fraction of sp³-hybridized carbons (Fsp3) is 0.375. The first-order valence-corrected chi connectivity index (χ1v) is 15.2. The number of ether oxygens (including phenoxy) is 1. The molecule has 0 atom stereocenters. The summed E-state index contributed by atoms with van der Waals surface area (Å²) >= 11 is 12.8. The maximum absolute atomic E-state index is 12.7. The topological polar surface area (TPSA) is 58.7 Å². The molecule has 230 valence electrons. The third-order valence-electron chi connectivity index (χ3n) is 7.73. The highest BCUT2D eigenvalue weighted by Gasteiger charge is 2.31. The normalized spacial score (nSPS) is 14.9. The van der Waals surface area contributed by atoms with Crippen LogP contribution in [0.25, 0.3) is 22.0 Å². The van der Waals surface area contributed by atoms with E-state index in [1.807, 2.05) is 18.2 Å². The highest BCUT2D eigenvalue weighted by Crippen LogP contribution is 2.34. The van der Waals surface area contributed by atoms with E-state index >= 15 is 0 Å². The number of hydrogen-bond acceptors (Lipinski definition) is 5. The molecule has 1 saturated heterocycles. The van der Waals surface area contributed by atoms with Crippen LogP contribution in [0.4, 0.5) is 13.2 Å². The van der Waals surface area contributed by atoms with Crippen LogP contribution in [0.1, 0.15) is 17.5 Å². The van der Waals surface area contributed by atoms with Crippen LogP contribution in [0.15, 0.2) is 66.9 Å². The summed E-state index contributed by atoms with van der Waals surface area (Å²) in [5.41, 5.74) is 10.6. The average molecular weight is 635 g/mol. The highest BCUT2D eigenvalue weighted by molar-refractivity contribution is 6.35. The van der Waals surface area contributed by atoms with Gasteiger partial charge in [-0.25, -0.2) is 0 Å². The van der Waals surface area contributed by atoms with Gasteiger partial charge in [-0.15, -0.1) is 13.2 Å². The Hall–Kier alpha value is -2.79. The quantitative estimate of drug-likeness (QED) is 0.169. The molecule has 0 amide bonds. The predicted molar refractivity (Wildman–Crippen MR) is 168 cm³/mol. The minimum atomic E-state index is -4.72. The summed E-state index contributed by atoms with van der Waals surface area (Å²) in [4.78, 5) is 4.81. The van der Waals surface area contributed by atoms with Gasteiger partial charge in [0.1, 0.15) is 5.75 Å². The maximum atomic E-state index is 12.7. The molecule has 0 spiro atoms. The molecule has 0 saturated carbocycles. The Labute approximate surface area is 260 Å². The van der Waals surface area contributed by atoms with Crippen molar-refractivity contribution in [1.29, 1.82) is 0 Å². The van der Waals surface area contributed by atoms with E-state index in [0.29, 0.717) is 16.6 Å². The Bertz CT molecular complexity index is 1480. The summed E-state index contributed by atoms with van der Waals surface area (Å²) in [6.45, 7) is 8.23. The zero-order valence-electron chi connectivity index (χ0n) is 23.8. The molecule has 0 aliphatic carbocycles. The van der Waals surface area contributed by atoms with Crippen LogP contribution in [0.2, 0.25) is 10.0 Å². The van der Waals surface area contributed by atoms with Gasteiger partial charge in [0.2, 0.25) is 0 Å². The number of rotatable bonds is 12. The van der Waals surface area contributed by atoms with Gasteiger partial charge in [0.25, 0.3) is 0 Å². The second kappa shape index (κ2) is 14.3. The molecule has 3 aromatic carbocycles. The zero-order valence-corrected chi connectivity index (χ0v) is 25.4. The standard InChI is InChI=1S/C32H36Cl2F3N5O/c33-29-3-1-4-30(34)28(29)21-41-17-15-40(16-18-41)20-23-5-10-31-26(19-23)27(22-42(31)14-2-12-39-13-11-38)24-6-8-25(9-7-24)43-32(35,36)37/h1,3-10,19,22,39H,2,11-18,20-21,38H2. The molecule has 43 heavy (non-hydrogen) atoms. The SMILES string of the molecule is NCCNCCCn1cc(-c2ccc(OC(F)(F)F)cc2)c2cc(CN3CCN(Cc4c(Cl)cccc4Cl)CC3)ccc21. The van der Waals surface area contributed by atoms with Crippen molar-refractivity contribution in [2.75, 3.05) is 45.8 Å². The van der Waals surface area contributed by atoms with Crippen molar-refractivity contribution in [2.45, 2.75) is 32.4 Å². The first-order valence-electron chi connectivity index (χ1n) is 14.5. The first-order chi connectivity index (χ1) is 20.7. The number of halogens is 5. The van der Waals surface area contributed by atoms with Gasteiger partial charge >= 0.3 is 6.36 Å². The number of fused-ring (bicyclic) bond motifs is 1. The molecule has 3 N–H and O–H groups in total. The number of piperazine rings is 1. The van der Waals surface area contributed by atoms with Crippen molar-refractivity contribution < 1.29 is 17.9 Å². The van der Waals surface area contributed by atoms with E-state index in [0.717, 1.165) is 92.9 Å². The van der Waals surface area contributed by atoms with Crippen molar-refractivity contribution in [1.82, 2.24) is 19.7 Å². The van der Waals surface area contributed by atoms with E-state index in [1.54, 1.807) is 12.1 Å². The number of nitrogens with two attached hydrogens (primary N) is 1. The van der Waals surface area contributed by atoms with Gasteiger partial charge in [-0.1, -0.05) is 47.5 Å². The Morgan fingerprint density at radius 3 is 2.19 bits per heavy atom. The van der Waals surface area contributed by atoms with Crippen LogP contribution < -0.4 is 15.8 Å². The van der Waals surface area contributed by atoms with E-state index in [9.17, 15) is 13.2 Å². The minimum Gasteiger partial charge on any atom is -0.406 e. The number of nitrogens with one attached hydrogen (secondary N) is 1. The second-order valence-corrected chi connectivity index (χ2v) is 11.6. The molecule has 1 aromatic heterocycles. The Balaban J connectivity index is 1.31. The molecule has 5 rings (SSSR count). The lowest BCUT2D eigenvalue weighted by Crippen LogP contribution is -2.45. The van der Waals surface area contributed by atoms with Gasteiger partial charge in [0.15, 0.2) is 0 Å². The number of alkyl halides is 3. The first kappa shape index (κ1) is 31.6. The van der Waals surface area contributed by atoms with E-state index in [-0.39, 0.29) is 5.75 Å².